The Hall–Kier alpha value is -1.02. The van der Waals surface area contributed by atoms with Gasteiger partial charge in [-0.2, -0.15) is 0 Å². The van der Waals surface area contributed by atoms with E-state index >= 15 is 0 Å². The molecule has 0 saturated heterocycles. The van der Waals surface area contributed by atoms with E-state index < -0.39 is 0 Å². The van der Waals surface area contributed by atoms with Gasteiger partial charge in [0.05, 0.1) is 11.0 Å². The molecule has 0 aliphatic heterocycles. The van der Waals surface area contributed by atoms with E-state index in [0.29, 0.717) is 11.3 Å². The van der Waals surface area contributed by atoms with Crippen LogP contribution in [0.25, 0.3) is 11.0 Å². The van der Waals surface area contributed by atoms with Crippen molar-refractivity contribution < 1.29 is 0 Å². The van der Waals surface area contributed by atoms with E-state index in [1.807, 2.05) is 0 Å². The number of hydrogen-bond donors (Lipinski definition) is 0. The van der Waals surface area contributed by atoms with Crippen LogP contribution < -0.4 is 0 Å². The van der Waals surface area contributed by atoms with E-state index in [9.17, 15) is 0 Å². The third-order valence-electron chi connectivity index (χ3n) is 3.32. The largest absolute Gasteiger partial charge is 0.312 e. The molecule has 0 N–H and O–H groups in total. The normalized spacial score (nSPS) is 16.9. The van der Waals surface area contributed by atoms with E-state index in [1.165, 1.54) is 30.3 Å². The van der Waals surface area contributed by atoms with Crippen LogP contribution in [-0.4, -0.2) is 9.55 Å². The zero-order valence-corrected chi connectivity index (χ0v) is 9.46. The van der Waals surface area contributed by atoms with E-state index in [2.05, 4.69) is 34.7 Å². The van der Waals surface area contributed by atoms with Crippen LogP contribution in [0.15, 0.2) is 18.2 Å². The van der Waals surface area contributed by atoms with E-state index in [0.717, 1.165) is 5.52 Å². The molecule has 1 aromatic carbocycles. The number of hydrogen-bond acceptors (Lipinski definition) is 1. The summed E-state index contributed by atoms with van der Waals surface area (Å²) in [6.07, 6.45) is 3.78. The van der Waals surface area contributed by atoms with Crippen molar-refractivity contribution in [2.45, 2.75) is 32.2 Å². The minimum absolute atomic E-state index is 0.573. The van der Waals surface area contributed by atoms with Crippen LogP contribution in [0.5, 0.6) is 0 Å². The molecule has 2 nitrogen and oxygen atoms in total. The second-order valence-electron chi connectivity index (χ2n) is 4.28. The average molecular weight is 221 g/mol. The van der Waals surface area contributed by atoms with Crippen LogP contribution in [0.4, 0.5) is 0 Å². The Kier molecular flexibility index (Phi) is 1.99. The molecule has 0 atom stereocenters. The molecule has 1 fully saturated rings. The van der Waals surface area contributed by atoms with Gasteiger partial charge in [0.25, 0.3) is 0 Å². The molecule has 0 spiro atoms. The molecule has 1 heterocycles. The molecule has 15 heavy (non-hydrogen) atoms. The van der Waals surface area contributed by atoms with Crippen molar-refractivity contribution in [1.29, 1.82) is 0 Å². The third-order valence-corrected chi connectivity index (χ3v) is 3.59. The molecule has 1 aliphatic rings. The van der Waals surface area contributed by atoms with Crippen LogP contribution in [0.1, 0.15) is 30.9 Å². The maximum Gasteiger partial charge on any atom is 0.204 e. The Balaban J connectivity index is 2.27. The topological polar surface area (TPSA) is 17.8 Å². The van der Waals surface area contributed by atoms with Crippen molar-refractivity contribution in [1.82, 2.24) is 9.55 Å². The highest BCUT2D eigenvalue weighted by molar-refractivity contribution is 6.29. The Morgan fingerprint density at radius 1 is 1.40 bits per heavy atom. The Labute approximate surface area is 93.9 Å². The van der Waals surface area contributed by atoms with Crippen LogP contribution in [0, 0.1) is 6.92 Å². The first kappa shape index (κ1) is 9.22. The highest BCUT2D eigenvalue weighted by Crippen LogP contribution is 2.37. The molecule has 0 radical (unpaired) electrons. The van der Waals surface area contributed by atoms with Crippen LogP contribution in [0.2, 0.25) is 5.28 Å². The van der Waals surface area contributed by atoms with Gasteiger partial charge in [-0.25, -0.2) is 4.98 Å². The minimum Gasteiger partial charge on any atom is -0.312 e. The van der Waals surface area contributed by atoms with Gasteiger partial charge in [0.15, 0.2) is 0 Å². The number of imidazole rings is 1. The SMILES string of the molecule is Cc1cccc2c1nc(Cl)n2C1CCC1. The van der Waals surface area contributed by atoms with Gasteiger partial charge in [0.2, 0.25) is 5.28 Å². The summed E-state index contributed by atoms with van der Waals surface area (Å²) in [6.45, 7) is 2.08. The van der Waals surface area contributed by atoms with Gasteiger partial charge in [-0.3, -0.25) is 0 Å². The van der Waals surface area contributed by atoms with Gasteiger partial charge in [0, 0.05) is 6.04 Å². The zero-order valence-electron chi connectivity index (χ0n) is 8.70. The summed E-state index contributed by atoms with van der Waals surface area (Å²) in [5, 5.41) is 0.643. The summed E-state index contributed by atoms with van der Waals surface area (Å²) in [6, 6.07) is 6.84. The predicted molar refractivity (Wildman–Crippen MR) is 62.4 cm³/mol. The molecule has 1 aromatic heterocycles. The quantitative estimate of drug-likeness (QED) is 0.716. The lowest BCUT2D eigenvalue weighted by Crippen LogP contribution is -2.16. The van der Waals surface area contributed by atoms with Gasteiger partial charge >= 0.3 is 0 Å². The van der Waals surface area contributed by atoms with Crippen LogP contribution in [-0.2, 0) is 0 Å². The van der Waals surface area contributed by atoms with E-state index in [-0.39, 0.29) is 0 Å². The Morgan fingerprint density at radius 3 is 2.87 bits per heavy atom. The second kappa shape index (κ2) is 3.24. The first-order valence-corrected chi connectivity index (χ1v) is 5.78. The van der Waals surface area contributed by atoms with Crippen molar-refractivity contribution in [3.05, 3.63) is 29.0 Å². The van der Waals surface area contributed by atoms with Gasteiger partial charge < -0.3 is 4.57 Å². The summed E-state index contributed by atoms with van der Waals surface area (Å²) in [5.74, 6) is 0. The lowest BCUT2D eigenvalue weighted by atomic mass is 9.93. The van der Waals surface area contributed by atoms with Crippen molar-refractivity contribution in [2.24, 2.45) is 0 Å². The standard InChI is InChI=1S/C12H13ClN2/c1-8-4-2-7-10-11(8)14-12(13)15(10)9-5-3-6-9/h2,4,7,9H,3,5-6H2,1H3. The zero-order chi connectivity index (χ0) is 10.4. The predicted octanol–water partition coefficient (Wildman–Crippen LogP) is 3.72. The molecule has 1 aliphatic carbocycles. The molecule has 0 unspecified atom stereocenters. The Bertz CT molecular complexity index is 512. The number of para-hydroxylation sites is 1. The van der Waals surface area contributed by atoms with Gasteiger partial charge in [0.1, 0.15) is 0 Å². The minimum atomic E-state index is 0.573. The summed E-state index contributed by atoms with van der Waals surface area (Å²) >= 11 is 6.20. The fourth-order valence-corrected chi connectivity index (χ4v) is 2.53. The number of fused-ring (bicyclic) bond motifs is 1. The number of benzene rings is 1. The number of aromatic nitrogens is 2. The average Bonchev–Trinajstić information content (AvgIpc) is 2.44. The molecule has 0 amide bonds. The molecule has 3 heteroatoms. The van der Waals surface area contributed by atoms with Crippen LogP contribution >= 0.6 is 11.6 Å². The maximum absolute atomic E-state index is 6.20. The van der Waals surface area contributed by atoms with E-state index in [4.69, 9.17) is 11.6 Å². The fraction of sp³-hybridized carbons (Fsp3) is 0.417. The third kappa shape index (κ3) is 1.28. The van der Waals surface area contributed by atoms with Gasteiger partial charge in [-0.1, -0.05) is 12.1 Å². The first-order chi connectivity index (χ1) is 7.27. The molecule has 3 rings (SSSR count). The smallest absolute Gasteiger partial charge is 0.204 e. The van der Waals surface area contributed by atoms with Crippen molar-refractivity contribution in [2.75, 3.05) is 0 Å². The van der Waals surface area contributed by atoms with Crippen molar-refractivity contribution >= 4 is 22.6 Å². The Morgan fingerprint density at radius 2 is 2.20 bits per heavy atom. The molecular weight excluding hydrogens is 208 g/mol. The summed E-state index contributed by atoms with van der Waals surface area (Å²) in [4.78, 5) is 4.44. The molecule has 78 valence electrons. The molecular formula is C12H13ClN2. The highest BCUT2D eigenvalue weighted by Gasteiger charge is 2.24. The molecule has 1 saturated carbocycles. The second-order valence-corrected chi connectivity index (χ2v) is 4.62. The van der Waals surface area contributed by atoms with Gasteiger partial charge in [-0.15, -0.1) is 0 Å². The van der Waals surface area contributed by atoms with Gasteiger partial charge in [-0.05, 0) is 49.4 Å². The monoisotopic (exact) mass is 220 g/mol. The number of nitrogens with zero attached hydrogens (tertiary/aromatic N) is 2. The fourth-order valence-electron chi connectivity index (χ4n) is 2.22. The maximum atomic E-state index is 6.20. The van der Waals surface area contributed by atoms with Crippen molar-refractivity contribution in [3.8, 4) is 0 Å². The summed E-state index contributed by atoms with van der Waals surface area (Å²) in [7, 11) is 0. The number of aryl methyl sites for hydroxylation is 1. The molecule has 0 bridgehead atoms. The lowest BCUT2D eigenvalue weighted by Gasteiger charge is -2.28. The summed E-state index contributed by atoms with van der Waals surface area (Å²) < 4.78 is 2.19. The highest BCUT2D eigenvalue weighted by atomic mass is 35.5. The number of halogens is 1. The summed E-state index contributed by atoms with van der Waals surface area (Å²) in [5.41, 5.74) is 3.44. The lowest BCUT2D eigenvalue weighted by molar-refractivity contribution is 0.321. The molecule has 2 aromatic rings. The van der Waals surface area contributed by atoms with Crippen molar-refractivity contribution in [3.63, 3.8) is 0 Å². The number of rotatable bonds is 1. The van der Waals surface area contributed by atoms with E-state index in [1.54, 1.807) is 0 Å². The van der Waals surface area contributed by atoms with Crippen LogP contribution in [0.3, 0.4) is 0 Å². The first-order valence-electron chi connectivity index (χ1n) is 5.40.